The summed E-state index contributed by atoms with van der Waals surface area (Å²) in [5, 5.41) is 6.16. The summed E-state index contributed by atoms with van der Waals surface area (Å²) in [5.74, 6) is 0.824. The van der Waals surface area contributed by atoms with E-state index in [-0.39, 0.29) is 5.91 Å². The van der Waals surface area contributed by atoms with Crippen LogP contribution in [-0.2, 0) is 6.54 Å². The number of anilines is 1. The Bertz CT molecular complexity index is 918. The maximum atomic E-state index is 12.4. The molecule has 0 saturated carbocycles. The number of nitrogens with one attached hydrogen (secondary N) is 1. The highest BCUT2D eigenvalue weighted by atomic mass is 35.5. The van der Waals surface area contributed by atoms with Gasteiger partial charge in [-0.25, -0.2) is 9.97 Å². The van der Waals surface area contributed by atoms with Crippen LogP contribution in [0.2, 0.25) is 5.02 Å². The van der Waals surface area contributed by atoms with Crippen molar-refractivity contribution < 1.29 is 4.79 Å². The Labute approximate surface area is 167 Å². The number of nitrogens with zero attached hydrogens (tertiary/aromatic N) is 3. The number of carbonyl (C=O) groups excluding carboxylic acids is 1. The molecular formula is C20H19ClN4OS. The number of hydrogen-bond donors (Lipinski definition) is 1. The van der Waals surface area contributed by atoms with Crippen molar-refractivity contribution in [2.75, 3.05) is 18.0 Å². The molecule has 3 aromatic rings. The van der Waals surface area contributed by atoms with E-state index in [9.17, 15) is 4.79 Å². The molecule has 3 heterocycles. The number of amides is 1. The van der Waals surface area contributed by atoms with E-state index in [0.29, 0.717) is 17.3 Å². The van der Waals surface area contributed by atoms with E-state index in [2.05, 4.69) is 20.2 Å². The van der Waals surface area contributed by atoms with Gasteiger partial charge < -0.3 is 10.2 Å². The van der Waals surface area contributed by atoms with Crippen molar-refractivity contribution >= 4 is 34.7 Å². The summed E-state index contributed by atoms with van der Waals surface area (Å²) in [6, 6.07) is 11.5. The molecule has 0 bridgehead atoms. The lowest BCUT2D eigenvalue weighted by molar-refractivity contribution is 0.0946. The second kappa shape index (κ2) is 8.06. The van der Waals surface area contributed by atoms with Crippen LogP contribution in [-0.4, -0.2) is 29.0 Å². The van der Waals surface area contributed by atoms with Gasteiger partial charge in [-0.05, 0) is 36.6 Å². The van der Waals surface area contributed by atoms with Gasteiger partial charge in [0.1, 0.15) is 16.5 Å². The fourth-order valence-electron chi connectivity index (χ4n) is 3.03. The molecule has 1 saturated heterocycles. The third-order valence-corrected chi connectivity index (χ3v) is 5.66. The minimum atomic E-state index is -0.185. The van der Waals surface area contributed by atoms with Gasteiger partial charge in [0.15, 0.2) is 0 Å². The molecule has 4 rings (SSSR count). The van der Waals surface area contributed by atoms with Crippen molar-refractivity contribution in [3.05, 3.63) is 64.3 Å². The molecule has 0 atom stereocenters. The second-order valence-electron chi connectivity index (χ2n) is 6.45. The van der Waals surface area contributed by atoms with Crippen LogP contribution in [0.15, 0.2) is 48.0 Å². The summed E-state index contributed by atoms with van der Waals surface area (Å²) in [7, 11) is 0. The van der Waals surface area contributed by atoms with Crippen molar-refractivity contribution in [3.63, 3.8) is 0 Å². The first kappa shape index (κ1) is 17.9. The lowest BCUT2D eigenvalue weighted by Gasteiger charge is -2.16. The Kier molecular flexibility index (Phi) is 5.36. The molecule has 1 aliphatic heterocycles. The van der Waals surface area contributed by atoms with Crippen LogP contribution in [0.1, 0.15) is 28.9 Å². The first-order valence-corrected chi connectivity index (χ1v) is 10.1. The van der Waals surface area contributed by atoms with Crippen molar-refractivity contribution in [1.82, 2.24) is 15.3 Å². The van der Waals surface area contributed by atoms with Gasteiger partial charge in [-0.2, -0.15) is 0 Å². The summed E-state index contributed by atoms with van der Waals surface area (Å²) < 4.78 is 0. The molecule has 5 nitrogen and oxygen atoms in total. The maximum absolute atomic E-state index is 12.4. The largest absolute Gasteiger partial charge is 0.357 e. The molecule has 1 aromatic carbocycles. The zero-order chi connectivity index (χ0) is 18.6. The van der Waals surface area contributed by atoms with Crippen LogP contribution in [0.4, 0.5) is 5.82 Å². The van der Waals surface area contributed by atoms with E-state index in [4.69, 9.17) is 11.6 Å². The average molecular weight is 399 g/mol. The zero-order valence-corrected chi connectivity index (χ0v) is 16.3. The highest BCUT2D eigenvalue weighted by Crippen LogP contribution is 2.25. The van der Waals surface area contributed by atoms with Crippen molar-refractivity contribution in [2.24, 2.45) is 0 Å². The van der Waals surface area contributed by atoms with Crippen molar-refractivity contribution in [1.29, 1.82) is 0 Å². The Balaban J connectivity index is 1.36. The summed E-state index contributed by atoms with van der Waals surface area (Å²) in [6.45, 7) is 2.58. The molecule has 1 aliphatic rings. The van der Waals surface area contributed by atoms with E-state index in [1.54, 1.807) is 5.38 Å². The molecule has 1 fully saturated rings. The number of aromatic nitrogens is 2. The minimum Gasteiger partial charge on any atom is -0.357 e. The lowest BCUT2D eigenvalue weighted by atomic mass is 10.2. The monoisotopic (exact) mass is 398 g/mol. The van der Waals surface area contributed by atoms with Crippen LogP contribution in [0.5, 0.6) is 0 Å². The standard InChI is InChI=1S/C20H19ClN4OS/c21-16-6-4-15(5-7-16)20-24-17(13-27-20)19(26)23-12-14-3-8-18(22-11-14)25-9-1-2-10-25/h3-8,11,13H,1-2,9-10,12H2,(H,23,26). The van der Waals surface area contributed by atoms with Gasteiger partial charge in [-0.1, -0.05) is 29.8 Å². The number of benzene rings is 1. The van der Waals surface area contributed by atoms with Crippen LogP contribution >= 0.6 is 22.9 Å². The Hall–Kier alpha value is -2.44. The molecule has 138 valence electrons. The molecule has 2 aromatic heterocycles. The fourth-order valence-corrected chi connectivity index (χ4v) is 3.96. The van der Waals surface area contributed by atoms with E-state index < -0.39 is 0 Å². The number of pyridine rings is 1. The van der Waals surface area contributed by atoms with Gasteiger partial charge in [0.2, 0.25) is 0 Å². The smallest absolute Gasteiger partial charge is 0.271 e. The van der Waals surface area contributed by atoms with E-state index in [0.717, 1.165) is 35.0 Å². The predicted molar refractivity (Wildman–Crippen MR) is 109 cm³/mol. The van der Waals surface area contributed by atoms with Gasteiger partial charge in [-0.15, -0.1) is 11.3 Å². The van der Waals surface area contributed by atoms with Crippen LogP contribution in [0.3, 0.4) is 0 Å². The fraction of sp³-hybridized carbons (Fsp3) is 0.250. The van der Waals surface area contributed by atoms with E-state index in [1.165, 1.54) is 24.2 Å². The summed E-state index contributed by atoms with van der Waals surface area (Å²) >= 11 is 7.35. The Morgan fingerprint density at radius 1 is 1.15 bits per heavy atom. The third kappa shape index (κ3) is 4.28. The average Bonchev–Trinajstić information content (AvgIpc) is 3.39. The van der Waals surface area contributed by atoms with Gasteiger partial charge in [-0.3, -0.25) is 4.79 Å². The van der Waals surface area contributed by atoms with Gasteiger partial charge in [0, 0.05) is 41.8 Å². The first-order chi connectivity index (χ1) is 13.2. The van der Waals surface area contributed by atoms with Gasteiger partial charge in [0.05, 0.1) is 0 Å². The molecular weight excluding hydrogens is 380 g/mol. The number of halogens is 1. The van der Waals surface area contributed by atoms with E-state index in [1.807, 2.05) is 42.6 Å². The van der Waals surface area contributed by atoms with Crippen LogP contribution in [0, 0.1) is 0 Å². The molecule has 0 unspecified atom stereocenters. The quantitative estimate of drug-likeness (QED) is 0.692. The molecule has 7 heteroatoms. The van der Waals surface area contributed by atoms with Gasteiger partial charge in [0.25, 0.3) is 5.91 Å². The minimum absolute atomic E-state index is 0.185. The van der Waals surface area contributed by atoms with E-state index >= 15 is 0 Å². The number of hydrogen-bond acceptors (Lipinski definition) is 5. The highest BCUT2D eigenvalue weighted by Gasteiger charge is 2.14. The molecule has 1 amide bonds. The predicted octanol–water partition coefficient (Wildman–Crippen LogP) is 4.39. The molecule has 1 N–H and O–H groups in total. The summed E-state index contributed by atoms with van der Waals surface area (Å²) in [4.78, 5) is 23.6. The topological polar surface area (TPSA) is 58.1 Å². The number of carbonyl (C=O) groups is 1. The summed E-state index contributed by atoms with van der Waals surface area (Å²) in [6.07, 6.45) is 4.28. The molecule has 0 spiro atoms. The first-order valence-electron chi connectivity index (χ1n) is 8.88. The van der Waals surface area contributed by atoms with Crippen LogP contribution in [0.25, 0.3) is 10.6 Å². The Morgan fingerprint density at radius 2 is 1.93 bits per heavy atom. The van der Waals surface area contributed by atoms with Gasteiger partial charge >= 0.3 is 0 Å². The normalized spacial score (nSPS) is 13.7. The summed E-state index contributed by atoms with van der Waals surface area (Å²) in [5.41, 5.74) is 2.34. The van der Waals surface area contributed by atoms with Crippen molar-refractivity contribution in [3.8, 4) is 10.6 Å². The Morgan fingerprint density at radius 3 is 2.63 bits per heavy atom. The highest BCUT2D eigenvalue weighted by molar-refractivity contribution is 7.13. The SMILES string of the molecule is O=C(NCc1ccc(N2CCCC2)nc1)c1csc(-c2ccc(Cl)cc2)n1. The molecule has 0 aliphatic carbocycles. The third-order valence-electron chi connectivity index (χ3n) is 4.52. The van der Waals surface area contributed by atoms with Crippen molar-refractivity contribution in [2.45, 2.75) is 19.4 Å². The number of thiazole rings is 1. The molecule has 0 radical (unpaired) electrons. The number of rotatable bonds is 5. The lowest BCUT2D eigenvalue weighted by Crippen LogP contribution is -2.23. The molecule has 27 heavy (non-hydrogen) atoms. The zero-order valence-electron chi connectivity index (χ0n) is 14.7. The maximum Gasteiger partial charge on any atom is 0.271 e. The van der Waals surface area contributed by atoms with Crippen LogP contribution < -0.4 is 10.2 Å². The second-order valence-corrected chi connectivity index (χ2v) is 7.74.